The Labute approximate surface area is 156 Å². The number of aryl methyl sites for hydroxylation is 1. The number of benzene rings is 3. The van der Waals surface area contributed by atoms with E-state index in [-0.39, 0.29) is 0 Å². The Morgan fingerprint density at radius 3 is 2.59 bits per heavy atom. The van der Waals surface area contributed by atoms with Crippen molar-refractivity contribution in [3.63, 3.8) is 0 Å². The fraction of sp³-hybridized carbons (Fsp3) is 0.0909. The lowest BCUT2D eigenvalue weighted by molar-refractivity contribution is 0.100. The maximum atomic E-state index is 11.6. The van der Waals surface area contributed by atoms with E-state index in [1.807, 2.05) is 61.5 Å². The average molecular weight is 357 g/mol. The van der Waals surface area contributed by atoms with Crippen molar-refractivity contribution < 1.29 is 9.53 Å². The van der Waals surface area contributed by atoms with Gasteiger partial charge in [-0.25, -0.2) is 4.98 Å². The quantitative estimate of drug-likeness (QED) is 0.561. The lowest BCUT2D eigenvalue weighted by Gasteiger charge is -2.07. The molecule has 4 aromatic rings. The second kappa shape index (κ2) is 6.96. The minimum Gasteiger partial charge on any atom is -0.489 e. The van der Waals surface area contributed by atoms with Gasteiger partial charge in [-0.3, -0.25) is 4.79 Å². The number of aromatic nitrogens is 2. The summed E-state index contributed by atoms with van der Waals surface area (Å²) in [6.45, 7) is 2.54. The fourth-order valence-electron chi connectivity index (χ4n) is 3.00. The van der Waals surface area contributed by atoms with Crippen molar-refractivity contribution in [3.05, 3.63) is 83.4 Å². The highest BCUT2D eigenvalue weighted by atomic mass is 16.5. The van der Waals surface area contributed by atoms with E-state index in [9.17, 15) is 4.79 Å². The molecule has 0 spiro atoms. The smallest absolute Gasteiger partial charge is 0.250 e. The van der Waals surface area contributed by atoms with Crippen LogP contribution in [0.1, 0.15) is 21.5 Å². The van der Waals surface area contributed by atoms with Crippen LogP contribution in [0.2, 0.25) is 0 Å². The van der Waals surface area contributed by atoms with E-state index in [1.165, 1.54) is 5.56 Å². The van der Waals surface area contributed by atoms with Gasteiger partial charge < -0.3 is 15.5 Å². The lowest BCUT2D eigenvalue weighted by atomic mass is 10.1. The van der Waals surface area contributed by atoms with E-state index < -0.39 is 5.91 Å². The molecule has 3 N–H and O–H groups in total. The molecule has 0 bridgehead atoms. The largest absolute Gasteiger partial charge is 0.489 e. The molecule has 0 atom stereocenters. The van der Waals surface area contributed by atoms with Crippen molar-refractivity contribution in [1.82, 2.24) is 9.97 Å². The van der Waals surface area contributed by atoms with E-state index in [4.69, 9.17) is 10.5 Å². The Bertz CT molecular complexity index is 1110. The molecule has 0 unspecified atom stereocenters. The Morgan fingerprint density at radius 1 is 1.07 bits per heavy atom. The minimum atomic E-state index is -0.484. The maximum Gasteiger partial charge on any atom is 0.250 e. The van der Waals surface area contributed by atoms with Crippen LogP contribution in [0.25, 0.3) is 22.4 Å². The molecule has 0 aliphatic carbocycles. The molecule has 0 aliphatic heterocycles. The molecule has 0 saturated carbocycles. The summed E-state index contributed by atoms with van der Waals surface area (Å²) in [5.41, 5.74) is 10.4. The van der Waals surface area contributed by atoms with Crippen molar-refractivity contribution in [2.45, 2.75) is 13.5 Å². The molecule has 5 heteroatoms. The van der Waals surface area contributed by atoms with Crippen molar-refractivity contribution >= 4 is 16.9 Å². The summed E-state index contributed by atoms with van der Waals surface area (Å²) < 4.78 is 5.83. The SMILES string of the molecule is Cc1cccc(OCc2ccc(-c3nc4c(C(N)=O)cccc4[nH]3)cc2)c1. The molecule has 27 heavy (non-hydrogen) atoms. The summed E-state index contributed by atoms with van der Waals surface area (Å²) in [5.74, 6) is 1.07. The number of fused-ring (bicyclic) bond motifs is 1. The van der Waals surface area contributed by atoms with Gasteiger partial charge in [0.2, 0.25) is 0 Å². The third-order valence-electron chi connectivity index (χ3n) is 4.40. The Hall–Kier alpha value is -3.60. The van der Waals surface area contributed by atoms with E-state index in [1.54, 1.807) is 12.1 Å². The van der Waals surface area contributed by atoms with E-state index in [2.05, 4.69) is 9.97 Å². The predicted octanol–water partition coefficient (Wildman–Crippen LogP) is 4.22. The molecule has 0 fully saturated rings. The van der Waals surface area contributed by atoms with E-state index >= 15 is 0 Å². The maximum absolute atomic E-state index is 11.6. The monoisotopic (exact) mass is 357 g/mol. The van der Waals surface area contributed by atoms with Crippen LogP contribution in [0.3, 0.4) is 0 Å². The molecule has 5 nitrogen and oxygen atoms in total. The van der Waals surface area contributed by atoms with Crippen molar-refractivity contribution in [1.29, 1.82) is 0 Å². The number of hydrogen-bond acceptors (Lipinski definition) is 3. The van der Waals surface area contributed by atoms with Gasteiger partial charge in [0.25, 0.3) is 5.91 Å². The Morgan fingerprint density at radius 2 is 1.85 bits per heavy atom. The van der Waals surface area contributed by atoms with Gasteiger partial charge in [0.1, 0.15) is 23.7 Å². The molecule has 4 rings (SSSR count). The molecule has 134 valence electrons. The Balaban J connectivity index is 1.54. The first-order valence-corrected chi connectivity index (χ1v) is 8.67. The van der Waals surface area contributed by atoms with Crippen LogP contribution in [0.15, 0.2) is 66.7 Å². The zero-order chi connectivity index (χ0) is 18.8. The third kappa shape index (κ3) is 3.53. The highest BCUT2D eigenvalue weighted by Gasteiger charge is 2.12. The van der Waals surface area contributed by atoms with Crippen LogP contribution in [-0.4, -0.2) is 15.9 Å². The number of nitrogens with two attached hydrogens (primary N) is 1. The van der Waals surface area contributed by atoms with Gasteiger partial charge in [-0.1, -0.05) is 42.5 Å². The summed E-state index contributed by atoms with van der Waals surface area (Å²) >= 11 is 0. The van der Waals surface area contributed by atoms with E-state index in [0.717, 1.165) is 22.4 Å². The number of hydrogen-bond donors (Lipinski definition) is 2. The summed E-state index contributed by atoms with van der Waals surface area (Å²) in [5, 5.41) is 0. The highest BCUT2D eigenvalue weighted by molar-refractivity contribution is 6.04. The summed E-state index contributed by atoms with van der Waals surface area (Å²) in [4.78, 5) is 19.4. The zero-order valence-corrected chi connectivity index (χ0v) is 14.9. The van der Waals surface area contributed by atoms with Crippen molar-refractivity contribution in [2.24, 2.45) is 5.73 Å². The molecule has 3 aromatic carbocycles. The second-order valence-corrected chi connectivity index (χ2v) is 6.45. The van der Waals surface area contributed by atoms with Crippen LogP contribution < -0.4 is 10.5 Å². The van der Waals surface area contributed by atoms with Gasteiger partial charge in [0, 0.05) is 5.56 Å². The van der Waals surface area contributed by atoms with Gasteiger partial charge >= 0.3 is 0 Å². The molecule has 1 amide bonds. The average Bonchev–Trinajstić information content (AvgIpc) is 3.11. The van der Waals surface area contributed by atoms with Gasteiger partial charge in [0.15, 0.2) is 0 Å². The minimum absolute atomic E-state index is 0.415. The number of H-pyrrole nitrogens is 1. The van der Waals surface area contributed by atoms with Crippen molar-refractivity contribution in [2.75, 3.05) is 0 Å². The molecule has 1 heterocycles. The number of para-hydroxylation sites is 1. The number of carbonyl (C=O) groups is 1. The summed E-state index contributed by atoms with van der Waals surface area (Å²) in [6, 6.07) is 21.3. The topological polar surface area (TPSA) is 81.0 Å². The van der Waals surface area contributed by atoms with Gasteiger partial charge in [-0.15, -0.1) is 0 Å². The van der Waals surface area contributed by atoms with Gasteiger partial charge in [-0.05, 0) is 42.3 Å². The summed E-state index contributed by atoms with van der Waals surface area (Å²) in [6.07, 6.45) is 0. The molecule has 0 saturated heterocycles. The first-order chi connectivity index (χ1) is 13.1. The lowest BCUT2D eigenvalue weighted by Crippen LogP contribution is -2.11. The number of carbonyl (C=O) groups excluding carboxylic acids is 1. The number of nitrogens with one attached hydrogen (secondary N) is 1. The van der Waals surface area contributed by atoms with Crippen LogP contribution in [0.4, 0.5) is 0 Å². The number of imidazole rings is 1. The van der Waals surface area contributed by atoms with Gasteiger partial charge in [0.05, 0.1) is 11.1 Å². The number of primary amides is 1. The Kier molecular flexibility index (Phi) is 4.34. The van der Waals surface area contributed by atoms with Crippen LogP contribution >= 0.6 is 0 Å². The number of ether oxygens (including phenoxy) is 1. The first-order valence-electron chi connectivity index (χ1n) is 8.67. The molecule has 0 radical (unpaired) electrons. The standard InChI is InChI=1S/C22H19N3O2/c1-14-4-2-5-17(12-14)27-13-15-8-10-16(11-9-15)22-24-19-7-3-6-18(21(23)26)20(19)25-22/h2-12H,13H2,1H3,(H2,23,26)(H,24,25). The second-order valence-electron chi connectivity index (χ2n) is 6.45. The fourth-order valence-corrected chi connectivity index (χ4v) is 3.00. The van der Waals surface area contributed by atoms with Crippen LogP contribution in [-0.2, 0) is 6.61 Å². The normalized spacial score (nSPS) is 10.9. The number of nitrogens with zero attached hydrogens (tertiary/aromatic N) is 1. The summed E-state index contributed by atoms with van der Waals surface area (Å²) in [7, 11) is 0. The zero-order valence-electron chi connectivity index (χ0n) is 14.9. The van der Waals surface area contributed by atoms with E-state index in [0.29, 0.717) is 23.5 Å². The van der Waals surface area contributed by atoms with Crippen LogP contribution in [0.5, 0.6) is 5.75 Å². The highest BCUT2D eigenvalue weighted by Crippen LogP contribution is 2.23. The first kappa shape index (κ1) is 16.8. The van der Waals surface area contributed by atoms with Gasteiger partial charge in [-0.2, -0.15) is 0 Å². The van der Waals surface area contributed by atoms with Crippen molar-refractivity contribution in [3.8, 4) is 17.1 Å². The number of amides is 1. The molecular formula is C22H19N3O2. The van der Waals surface area contributed by atoms with Crippen LogP contribution in [0, 0.1) is 6.92 Å². The predicted molar refractivity (Wildman–Crippen MR) is 106 cm³/mol. The number of aromatic amines is 1. The molecule has 1 aromatic heterocycles. The number of rotatable bonds is 5. The third-order valence-corrected chi connectivity index (χ3v) is 4.40. The molecule has 0 aliphatic rings. The molecular weight excluding hydrogens is 338 g/mol.